The van der Waals surface area contributed by atoms with Crippen LogP contribution in [0.1, 0.15) is 29.3 Å². The highest BCUT2D eigenvalue weighted by atomic mass is 16.4. The Balaban J connectivity index is 2.76. The van der Waals surface area contributed by atoms with Gasteiger partial charge in [-0.2, -0.15) is 0 Å². The molecule has 1 aromatic rings. The molecule has 4 heteroatoms. The summed E-state index contributed by atoms with van der Waals surface area (Å²) in [4.78, 5) is 10.9. The van der Waals surface area contributed by atoms with Crippen LogP contribution in [-0.2, 0) is 6.42 Å². The third-order valence-corrected chi connectivity index (χ3v) is 2.32. The second kappa shape index (κ2) is 5.63. The van der Waals surface area contributed by atoms with Gasteiger partial charge in [0.15, 0.2) is 0 Å². The number of carboxylic acid groups (broad SMARTS) is 1. The molecule has 88 valence electrons. The molecule has 0 heterocycles. The summed E-state index contributed by atoms with van der Waals surface area (Å²) in [7, 11) is 0. The molecule has 2 atom stereocenters. The second-order valence-electron chi connectivity index (χ2n) is 3.90. The quantitative estimate of drug-likeness (QED) is 0.698. The minimum absolute atomic E-state index is 0.201. The summed E-state index contributed by atoms with van der Waals surface area (Å²) in [6.45, 7) is 1.59. The van der Waals surface area contributed by atoms with Gasteiger partial charge in [0.05, 0.1) is 17.8 Å². The lowest BCUT2D eigenvalue weighted by Gasteiger charge is -2.13. The van der Waals surface area contributed by atoms with Gasteiger partial charge in [0.25, 0.3) is 0 Å². The van der Waals surface area contributed by atoms with Gasteiger partial charge in [-0.3, -0.25) is 0 Å². The maximum Gasteiger partial charge on any atom is 0.335 e. The molecular weight excluding hydrogens is 208 g/mol. The van der Waals surface area contributed by atoms with Crippen molar-refractivity contribution in [1.82, 2.24) is 0 Å². The van der Waals surface area contributed by atoms with E-state index < -0.39 is 18.2 Å². The molecule has 0 aliphatic rings. The van der Waals surface area contributed by atoms with Crippen LogP contribution in [0.3, 0.4) is 0 Å². The molecule has 1 rings (SSSR count). The molecule has 0 fully saturated rings. The zero-order valence-electron chi connectivity index (χ0n) is 9.13. The highest BCUT2D eigenvalue weighted by Crippen LogP contribution is 2.13. The fourth-order valence-corrected chi connectivity index (χ4v) is 1.64. The molecule has 0 spiro atoms. The van der Waals surface area contributed by atoms with Crippen molar-refractivity contribution in [3.63, 3.8) is 0 Å². The number of rotatable bonds is 5. The molecule has 0 aliphatic heterocycles. The molecule has 0 aromatic heterocycles. The highest BCUT2D eigenvalue weighted by Gasteiger charge is 2.14. The molecule has 0 amide bonds. The van der Waals surface area contributed by atoms with E-state index in [4.69, 9.17) is 10.2 Å². The standard InChI is InChI=1S/C12H16O4/c1-8(13)6-10(14)7-9-4-2-3-5-11(9)12(15)16/h2-5,8,10,13-14H,6-7H2,1H3,(H,15,16). The zero-order valence-corrected chi connectivity index (χ0v) is 9.13. The Morgan fingerprint density at radius 1 is 1.31 bits per heavy atom. The lowest BCUT2D eigenvalue weighted by Crippen LogP contribution is -2.18. The second-order valence-corrected chi connectivity index (χ2v) is 3.90. The van der Waals surface area contributed by atoms with E-state index in [2.05, 4.69) is 0 Å². The molecule has 0 radical (unpaired) electrons. The van der Waals surface area contributed by atoms with Crippen LogP contribution < -0.4 is 0 Å². The van der Waals surface area contributed by atoms with Crippen molar-refractivity contribution in [3.8, 4) is 0 Å². The number of benzene rings is 1. The van der Waals surface area contributed by atoms with E-state index in [1.54, 1.807) is 25.1 Å². The molecule has 1 aromatic carbocycles. The molecular formula is C12H16O4. The van der Waals surface area contributed by atoms with E-state index in [1.807, 2.05) is 0 Å². The van der Waals surface area contributed by atoms with Crippen molar-refractivity contribution in [3.05, 3.63) is 35.4 Å². The molecule has 3 N–H and O–H groups in total. The summed E-state index contributed by atoms with van der Waals surface area (Å²) >= 11 is 0. The van der Waals surface area contributed by atoms with Crippen LogP contribution in [0.25, 0.3) is 0 Å². The number of carboxylic acids is 1. The number of aromatic carboxylic acids is 1. The van der Waals surface area contributed by atoms with E-state index in [0.717, 1.165) is 0 Å². The van der Waals surface area contributed by atoms with Crippen LogP contribution in [0.2, 0.25) is 0 Å². The molecule has 0 bridgehead atoms. The lowest BCUT2D eigenvalue weighted by atomic mass is 9.99. The van der Waals surface area contributed by atoms with Crippen molar-refractivity contribution >= 4 is 5.97 Å². The normalized spacial score (nSPS) is 14.4. The lowest BCUT2D eigenvalue weighted by molar-refractivity contribution is 0.0693. The fraction of sp³-hybridized carbons (Fsp3) is 0.417. The largest absolute Gasteiger partial charge is 0.478 e. The molecule has 0 saturated heterocycles. The fourth-order valence-electron chi connectivity index (χ4n) is 1.64. The monoisotopic (exact) mass is 224 g/mol. The van der Waals surface area contributed by atoms with Gasteiger partial charge in [0.1, 0.15) is 0 Å². The predicted molar refractivity (Wildman–Crippen MR) is 59.4 cm³/mol. The maximum atomic E-state index is 10.9. The third-order valence-electron chi connectivity index (χ3n) is 2.32. The summed E-state index contributed by atoms with van der Waals surface area (Å²) in [6.07, 6.45) is -0.825. The van der Waals surface area contributed by atoms with Gasteiger partial charge < -0.3 is 15.3 Å². The Morgan fingerprint density at radius 3 is 2.50 bits per heavy atom. The Kier molecular flexibility index (Phi) is 4.46. The predicted octanol–water partition coefficient (Wildman–Crippen LogP) is 1.06. The SMILES string of the molecule is CC(O)CC(O)Cc1ccccc1C(=O)O. The summed E-state index contributed by atoms with van der Waals surface area (Å²) in [5, 5.41) is 27.7. The van der Waals surface area contributed by atoms with Gasteiger partial charge in [-0.25, -0.2) is 4.79 Å². The maximum absolute atomic E-state index is 10.9. The number of aliphatic hydroxyl groups excluding tert-OH is 2. The van der Waals surface area contributed by atoms with Crippen molar-refractivity contribution < 1.29 is 20.1 Å². The van der Waals surface area contributed by atoms with Crippen molar-refractivity contribution in [1.29, 1.82) is 0 Å². The summed E-state index contributed by atoms with van der Waals surface area (Å²) in [6, 6.07) is 6.56. The Labute approximate surface area is 94.2 Å². The molecule has 16 heavy (non-hydrogen) atoms. The third kappa shape index (κ3) is 3.64. The van der Waals surface area contributed by atoms with Crippen LogP contribution in [0.4, 0.5) is 0 Å². The molecule has 2 unspecified atom stereocenters. The van der Waals surface area contributed by atoms with Gasteiger partial charge in [0, 0.05) is 0 Å². The van der Waals surface area contributed by atoms with Crippen LogP contribution in [0, 0.1) is 0 Å². The van der Waals surface area contributed by atoms with Crippen LogP contribution in [0.5, 0.6) is 0 Å². The van der Waals surface area contributed by atoms with Gasteiger partial charge in [-0.05, 0) is 31.4 Å². The average Bonchev–Trinajstić information content (AvgIpc) is 2.16. The number of aliphatic hydroxyl groups is 2. The Morgan fingerprint density at radius 2 is 1.94 bits per heavy atom. The minimum Gasteiger partial charge on any atom is -0.478 e. The van der Waals surface area contributed by atoms with E-state index in [1.165, 1.54) is 6.07 Å². The van der Waals surface area contributed by atoms with E-state index >= 15 is 0 Å². The average molecular weight is 224 g/mol. The first-order chi connectivity index (χ1) is 7.50. The van der Waals surface area contributed by atoms with Crippen molar-refractivity contribution in [2.75, 3.05) is 0 Å². The van der Waals surface area contributed by atoms with E-state index in [-0.39, 0.29) is 18.4 Å². The first kappa shape index (κ1) is 12.7. The first-order valence-electron chi connectivity index (χ1n) is 5.18. The van der Waals surface area contributed by atoms with Crippen LogP contribution in [0.15, 0.2) is 24.3 Å². The van der Waals surface area contributed by atoms with Gasteiger partial charge in [0.2, 0.25) is 0 Å². The van der Waals surface area contributed by atoms with Gasteiger partial charge >= 0.3 is 5.97 Å². The Bertz CT molecular complexity index is 360. The Hall–Kier alpha value is -1.39. The number of hydrogen-bond acceptors (Lipinski definition) is 3. The summed E-state index contributed by atoms with van der Waals surface area (Å²) in [5.74, 6) is -1.00. The van der Waals surface area contributed by atoms with Crippen molar-refractivity contribution in [2.24, 2.45) is 0 Å². The molecule has 4 nitrogen and oxygen atoms in total. The van der Waals surface area contributed by atoms with E-state index in [0.29, 0.717) is 5.56 Å². The van der Waals surface area contributed by atoms with Gasteiger partial charge in [-0.15, -0.1) is 0 Å². The smallest absolute Gasteiger partial charge is 0.335 e. The van der Waals surface area contributed by atoms with E-state index in [9.17, 15) is 9.90 Å². The molecule has 0 aliphatic carbocycles. The zero-order chi connectivity index (χ0) is 12.1. The minimum atomic E-state index is -1.00. The first-order valence-corrected chi connectivity index (χ1v) is 5.18. The number of carbonyl (C=O) groups is 1. The topological polar surface area (TPSA) is 77.8 Å². The molecule has 0 saturated carbocycles. The summed E-state index contributed by atoms with van der Waals surface area (Å²) in [5.41, 5.74) is 0.787. The van der Waals surface area contributed by atoms with Gasteiger partial charge in [-0.1, -0.05) is 18.2 Å². The van der Waals surface area contributed by atoms with Crippen LogP contribution in [-0.4, -0.2) is 33.5 Å². The van der Waals surface area contributed by atoms with Crippen molar-refractivity contribution in [2.45, 2.75) is 32.0 Å². The van der Waals surface area contributed by atoms with Crippen LogP contribution >= 0.6 is 0 Å². The number of hydrogen-bond donors (Lipinski definition) is 3. The summed E-state index contributed by atoms with van der Waals surface area (Å²) < 4.78 is 0. The highest BCUT2D eigenvalue weighted by molar-refractivity contribution is 5.89.